The van der Waals surface area contributed by atoms with E-state index in [1.807, 2.05) is 67.5 Å². The van der Waals surface area contributed by atoms with Gasteiger partial charge in [0.25, 0.3) is 0 Å². The highest BCUT2D eigenvalue weighted by Crippen LogP contribution is 2.34. The van der Waals surface area contributed by atoms with Crippen molar-refractivity contribution in [1.29, 1.82) is 0 Å². The predicted octanol–water partition coefficient (Wildman–Crippen LogP) is 4.05. The molecule has 2 aromatic rings. The topological polar surface area (TPSA) is 44.8 Å². The number of rotatable bonds is 7. The van der Waals surface area contributed by atoms with Crippen LogP contribution in [-0.4, -0.2) is 62.2 Å². The lowest BCUT2D eigenvalue weighted by Crippen LogP contribution is -2.58. The number of carbonyl (C=O) groups is 1. The maximum atomic E-state index is 12.2. The summed E-state index contributed by atoms with van der Waals surface area (Å²) >= 11 is 12.5. The largest absolute Gasteiger partial charge is 0.362 e. The molecule has 2 aromatic carbocycles. The van der Waals surface area contributed by atoms with E-state index >= 15 is 0 Å². The molecular weight excluding hydrogens is 397 g/mol. The van der Waals surface area contributed by atoms with Gasteiger partial charge in [-0.05, 0) is 37.9 Å². The first-order chi connectivity index (χ1) is 13.4. The van der Waals surface area contributed by atoms with Crippen molar-refractivity contribution in [1.82, 2.24) is 15.1 Å². The molecule has 3 rings (SSSR count). The van der Waals surface area contributed by atoms with Gasteiger partial charge in [0.05, 0.1) is 19.2 Å². The maximum Gasteiger partial charge on any atom is 0.317 e. The second-order valence-corrected chi connectivity index (χ2v) is 8.00. The predicted molar refractivity (Wildman–Crippen MR) is 113 cm³/mol. The summed E-state index contributed by atoms with van der Waals surface area (Å²) in [5, 5.41) is 4.25. The fraction of sp³-hybridized carbons (Fsp3) is 0.381. The summed E-state index contributed by atoms with van der Waals surface area (Å²) < 4.78 is 6.34. The third-order valence-corrected chi connectivity index (χ3v) is 5.26. The van der Waals surface area contributed by atoms with Crippen molar-refractivity contribution in [2.45, 2.75) is 12.2 Å². The molecule has 1 unspecified atom stereocenters. The number of carbonyl (C=O) groups excluding carboxylic acids is 1. The summed E-state index contributed by atoms with van der Waals surface area (Å²) in [5.41, 5.74) is 1.88. The van der Waals surface area contributed by atoms with Crippen LogP contribution in [0.15, 0.2) is 48.5 Å². The van der Waals surface area contributed by atoms with Crippen LogP contribution in [0.25, 0.3) is 0 Å². The minimum absolute atomic E-state index is 0.0449. The van der Waals surface area contributed by atoms with E-state index in [2.05, 4.69) is 5.32 Å². The number of urea groups is 1. The van der Waals surface area contributed by atoms with Crippen LogP contribution in [0.3, 0.4) is 0 Å². The third kappa shape index (κ3) is 5.39. The number of likely N-dealkylation sites (N-methyl/N-ethyl adjacent to an activating group) is 1. The van der Waals surface area contributed by atoms with Crippen LogP contribution >= 0.6 is 23.2 Å². The van der Waals surface area contributed by atoms with Gasteiger partial charge in [-0.1, -0.05) is 53.5 Å². The first kappa shape index (κ1) is 20.9. The Kier molecular flexibility index (Phi) is 7.18. The zero-order chi connectivity index (χ0) is 20.1. The van der Waals surface area contributed by atoms with E-state index in [-0.39, 0.29) is 18.2 Å². The van der Waals surface area contributed by atoms with E-state index in [1.54, 1.807) is 4.90 Å². The molecule has 150 valence electrons. The number of ether oxygens (including phenoxy) is 1. The molecule has 0 aliphatic carbocycles. The minimum Gasteiger partial charge on any atom is -0.362 e. The summed E-state index contributed by atoms with van der Waals surface area (Å²) in [6, 6.07) is 15.2. The number of nitrogens with zero attached hydrogens (tertiary/aromatic N) is 2. The monoisotopic (exact) mass is 421 g/mol. The highest BCUT2D eigenvalue weighted by atomic mass is 35.5. The van der Waals surface area contributed by atoms with Crippen molar-refractivity contribution in [3.05, 3.63) is 69.7 Å². The molecule has 1 heterocycles. The smallest absolute Gasteiger partial charge is 0.317 e. The van der Waals surface area contributed by atoms with Gasteiger partial charge in [-0.25, -0.2) is 4.79 Å². The molecule has 1 atom stereocenters. The van der Waals surface area contributed by atoms with Crippen molar-refractivity contribution in [3.63, 3.8) is 0 Å². The fourth-order valence-electron chi connectivity index (χ4n) is 3.04. The SMILES string of the molecule is CN(C)CCNC(=O)N1CC(OC(c2ccc(Cl)cc2)c2ccccc2Cl)C1. The number of nitrogens with one attached hydrogen (secondary N) is 1. The standard InChI is InChI=1S/C21H25Cl2N3O2/c1-25(2)12-11-24-21(27)26-13-17(14-26)28-20(15-7-9-16(22)10-8-15)18-5-3-4-6-19(18)23/h3-10,17,20H,11-14H2,1-2H3,(H,24,27). The average Bonchev–Trinajstić information content (AvgIpc) is 2.62. The van der Waals surface area contributed by atoms with E-state index in [9.17, 15) is 4.79 Å². The summed E-state index contributed by atoms with van der Waals surface area (Å²) in [5.74, 6) is 0. The molecule has 2 amide bonds. The van der Waals surface area contributed by atoms with Crippen molar-refractivity contribution >= 4 is 29.2 Å². The first-order valence-corrected chi connectivity index (χ1v) is 10.0. The number of hydrogen-bond donors (Lipinski definition) is 1. The van der Waals surface area contributed by atoms with Crippen molar-refractivity contribution in [2.24, 2.45) is 0 Å². The zero-order valence-electron chi connectivity index (χ0n) is 16.1. The molecule has 0 bridgehead atoms. The molecule has 5 nitrogen and oxygen atoms in total. The van der Waals surface area contributed by atoms with Crippen LogP contribution in [0.1, 0.15) is 17.2 Å². The lowest BCUT2D eigenvalue weighted by atomic mass is 10.0. The molecular formula is C21H25Cl2N3O2. The summed E-state index contributed by atoms with van der Waals surface area (Å²) in [6.07, 6.45) is -0.355. The van der Waals surface area contributed by atoms with E-state index in [1.165, 1.54) is 0 Å². The van der Waals surface area contributed by atoms with Crippen LogP contribution < -0.4 is 5.32 Å². The minimum atomic E-state index is -0.310. The normalized spacial score (nSPS) is 15.4. The lowest BCUT2D eigenvalue weighted by molar-refractivity contribution is -0.0645. The van der Waals surface area contributed by atoms with Gasteiger partial charge in [0, 0.05) is 28.7 Å². The Hall–Kier alpha value is -1.79. The van der Waals surface area contributed by atoms with E-state index in [0.717, 1.165) is 17.7 Å². The average molecular weight is 422 g/mol. The summed E-state index contributed by atoms with van der Waals surface area (Å²) in [7, 11) is 3.95. The molecule has 1 N–H and O–H groups in total. The van der Waals surface area contributed by atoms with Gasteiger partial charge in [-0.3, -0.25) is 0 Å². The Morgan fingerprint density at radius 2 is 1.86 bits per heavy atom. The number of halogens is 2. The molecule has 7 heteroatoms. The van der Waals surface area contributed by atoms with E-state index < -0.39 is 0 Å². The molecule has 1 aliphatic heterocycles. The molecule has 28 heavy (non-hydrogen) atoms. The van der Waals surface area contributed by atoms with Crippen molar-refractivity contribution in [3.8, 4) is 0 Å². The van der Waals surface area contributed by atoms with Crippen LogP contribution in [0.5, 0.6) is 0 Å². The number of likely N-dealkylation sites (tertiary alicyclic amines) is 1. The van der Waals surface area contributed by atoms with E-state index in [0.29, 0.717) is 29.7 Å². The zero-order valence-corrected chi connectivity index (χ0v) is 17.6. The third-order valence-electron chi connectivity index (χ3n) is 4.66. The van der Waals surface area contributed by atoms with Gasteiger partial charge in [-0.15, -0.1) is 0 Å². The lowest BCUT2D eigenvalue weighted by Gasteiger charge is -2.40. The molecule has 0 spiro atoms. The van der Waals surface area contributed by atoms with Gasteiger partial charge < -0.3 is 19.9 Å². The Labute approximate surface area is 176 Å². The van der Waals surface area contributed by atoms with Crippen LogP contribution in [0.2, 0.25) is 10.0 Å². The molecule has 1 fully saturated rings. The number of benzene rings is 2. The fourth-order valence-corrected chi connectivity index (χ4v) is 3.40. The highest BCUT2D eigenvalue weighted by molar-refractivity contribution is 6.31. The highest BCUT2D eigenvalue weighted by Gasteiger charge is 2.34. The number of hydrogen-bond acceptors (Lipinski definition) is 3. The van der Waals surface area contributed by atoms with Gasteiger partial charge in [0.1, 0.15) is 6.10 Å². The quantitative estimate of drug-likeness (QED) is 0.732. The van der Waals surface area contributed by atoms with Gasteiger partial charge in [0.15, 0.2) is 0 Å². The summed E-state index contributed by atoms with van der Waals surface area (Å²) in [6.45, 7) is 2.55. The second-order valence-electron chi connectivity index (χ2n) is 7.15. The van der Waals surface area contributed by atoms with Crippen LogP contribution in [0.4, 0.5) is 4.79 Å². The van der Waals surface area contributed by atoms with Gasteiger partial charge in [-0.2, -0.15) is 0 Å². The molecule has 0 aromatic heterocycles. The van der Waals surface area contributed by atoms with Gasteiger partial charge >= 0.3 is 6.03 Å². The Morgan fingerprint density at radius 3 is 2.50 bits per heavy atom. The second kappa shape index (κ2) is 9.61. The maximum absolute atomic E-state index is 12.2. The first-order valence-electron chi connectivity index (χ1n) is 9.27. The Balaban J connectivity index is 1.63. The van der Waals surface area contributed by atoms with Crippen LogP contribution in [0, 0.1) is 0 Å². The van der Waals surface area contributed by atoms with Crippen molar-refractivity contribution in [2.75, 3.05) is 40.3 Å². The molecule has 1 saturated heterocycles. The van der Waals surface area contributed by atoms with Gasteiger partial charge in [0.2, 0.25) is 0 Å². The molecule has 0 saturated carbocycles. The summed E-state index contributed by atoms with van der Waals surface area (Å²) in [4.78, 5) is 16.0. The van der Waals surface area contributed by atoms with Crippen molar-refractivity contribution < 1.29 is 9.53 Å². The molecule has 0 radical (unpaired) electrons. The Bertz CT molecular complexity index is 792. The van der Waals surface area contributed by atoms with E-state index in [4.69, 9.17) is 27.9 Å². The Morgan fingerprint density at radius 1 is 1.18 bits per heavy atom. The number of amides is 2. The van der Waals surface area contributed by atoms with Crippen LogP contribution in [-0.2, 0) is 4.74 Å². The molecule has 1 aliphatic rings.